The smallest absolute Gasteiger partial charge is 0.333 e. The number of anilines is 1. The number of para-hydroxylation sites is 1. The van der Waals surface area contributed by atoms with Gasteiger partial charge in [0.1, 0.15) is 5.69 Å². The molecule has 0 bridgehead atoms. The SMILES string of the molecule is CC(C)Oc1cccc(NC2CCCC2CO)c1[N+](=O)[O-]. The first-order valence-corrected chi connectivity index (χ1v) is 7.34. The molecule has 1 aliphatic rings. The molecular formula is C15H22N2O4. The van der Waals surface area contributed by atoms with E-state index in [1.165, 1.54) is 0 Å². The topological polar surface area (TPSA) is 84.6 Å². The second-order valence-electron chi connectivity index (χ2n) is 5.70. The number of nitro groups is 1. The lowest BCUT2D eigenvalue weighted by Crippen LogP contribution is -2.26. The number of benzene rings is 1. The molecule has 0 heterocycles. The number of hydrogen-bond acceptors (Lipinski definition) is 5. The van der Waals surface area contributed by atoms with Crippen LogP contribution in [0.5, 0.6) is 5.75 Å². The summed E-state index contributed by atoms with van der Waals surface area (Å²) >= 11 is 0. The Bertz CT molecular complexity index is 504. The Hall–Kier alpha value is -1.82. The van der Waals surface area contributed by atoms with Crippen molar-refractivity contribution in [3.8, 4) is 5.75 Å². The molecule has 0 spiro atoms. The number of rotatable bonds is 6. The Labute approximate surface area is 124 Å². The summed E-state index contributed by atoms with van der Waals surface area (Å²) in [6.07, 6.45) is 2.76. The number of aliphatic hydroxyl groups excluding tert-OH is 1. The predicted molar refractivity (Wildman–Crippen MR) is 80.7 cm³/mol. The van der Waals surface area contributed by atoms with Crippen LogP contribution in [0.25, 0.3) is 0 Å². The van der Waals surface area contributed by atoms with Crippen molar-refractivity contribution in [2.75, 3.05) is 11.9 Å². The van der Waals surface area contributed by atoms with Crippen molar-refractivity contribution in [2.24, 2.45) is 5.92 Å². The van der Waals surface area contributed by atoms with Crippen LogP contribution in [0.1, 0.15) is 33.1 Å². The second kappa shape index (κ2) is 6.76. The second-order valence-corrected chi connectivity index (χ2v) is 5.70. The minimum Gasteiger partial charge on any atom is -0.484 e. The molecule has 1 aliphatic carbocycles. The van der Waals surface area contributed by atoms with E-state index in [0.29, 0.717) is 5.69 Å². The summed E-state index contributed by atoms with van der Waals surface area (Å²) in [4.78, 5) is 11.0. The van der Waals surface area contributed by atoms with Crippen molar-refractivity contribution in [1.82, 2.24) is 0 Å². The van der Waals surface area contributed by atoms with Crippen LogP contribution in [0.2, 0.25) is 0 Å². The standard InChI is InChI=1S/C15H22N2O4/c1-10(2)21-14-8-4-7-13(15(14)17(19)20)16-12-6-3-5-11(12)9-18/h4,7-8,10-12,16,18H,3,5-6,9H2,1-2H3. The third-order valence-electron chi connectivity index (χ3n) is 3.78. The summed E-state index contributed by atoms with van der Waals surface area (Å²) < 4.78 is 5.53. The van der Waals surface area contributed by atoms with Gasteiger partial charge in [0.25, 0.3) is 0 Å². The molecule has 2 atom stereocenters. The monoisotopic (exact) mass is 294 g/mol. The van der Waals surface area contributed by atoms with Crippen molar-refractivity contribution < 1.29 is 14.8 Å². The zero-order valence-electron chi connectivity index (χ0n) is 12.4. The van der Waals surface area contributed by atoms with E-state index in [9.17, 15) is 15.2 Å². The highest BCUT2D eigenvalue weighted by Gasteiger charge is 2.30. The fraction of sp³-hybridized carbons (Fsp3) is 0.600. The van der Waals surface area contributed by atoms with Crippen LogP contribution in [-0.2, 0) is 0 Å². The first-order chi connectivity index (χ1) is 10.0. The van der Waals surface area contributed by atoms with Crippen LogP contribution in [0.4, 0.5) is 11.4 Å². The van der Waals surface area contributed by atoms with Crippen molar-refractivity contribution in [3.05, 3.63) is 28.3 Å². The molecular weight excluding hydrogens is 272 g/mol. The van der Waals surface area contributed by atoms with Crippen LogP contribution in [-0.4, -0.2) is 28.8 Å². The summed E-state index contributed by atoms with van der Waals surface area (Å²) in [5.74, 6) is 0.429. The van der Waals surface area contributed by atoms with Crippen molar-refractivity contribution in [3.63, 3.8) is 0 Å². The van der Waals surface area contributed by atoms with Gasteiger partial charge in [0.2, 0.25) is 0 Å². The molecule has 1 aromatic carbocycles. The number of nitro benzene ring substituents is 1. The fourth-order valence-electron chi connectivity index (χ4n) is 2.82. The summed E-state index contributed by atoms with van der Waals surface area (Å²) in [7, 11) is 0. The van der Waals surface area contributed by atoms with Crippen LogP contribution < -0.4 is 10.1 Å². The Morgan fingerprint density at radius 1 is 1.48 bits per heavy atom. The van der Waals surface area contributed by atoms with E-state index in [1.807, 2.05) is 13.8 Å². The van der Waals surface area contributed by atoms with E-state index in [0.717, 1.165) is 19.3 Å². The molecule has 21 heavy (non-hydrogen) atoms. The summed E-state index contributed by atoms with van der Waals surface area (Å²) in [5.41, 5.74) is 0.429. The van der Waals surface area contributed by atoms with Gasteiger partial charge in [-0.2, -0.15) is 0 Å². The van der Waals surface area contributed by atoms with Crippen LogP contribution in [0.15, 0.2) is 18.2 Å². The quantitative estimate of drug-likeness (QED) is 0.622. The maximum Gasteiger partial charge on any atom is 0.333 e. The van der Waals surface area contributed by atoms with Crippen LogP contribution in [0, 0.1) is 16.0 Å². The first kappa shape index (κ1) is 15.6. The number of hydrogen-bond donors (Lipinski definition) is 2. The van der Waals surface area contributed by atoms with Crippen LogP contribution in [0.3, 0.4) is 0 Å². The number of nitrogens with zero attached hydrogens (tertiary/aromatic N) is 1. The average molecular weight is 294 g/mol. The summed E-state index contributed by atoms with van der Waals surface area (Å²) in [6, 6.07) is 5.12. The molecule has 2 N–H and O–H groups in total. The predicted octanol–water partition coefficient (Wildman–Crippen LogP) is 2.95. The average Bonchev–Trinajstić information content (AvgIpc) is 2.85. The molecule has 1 fully saturated rings. The lowest BCUT2D eigenvalue weighted by molar-refractivity contribution is -0.385. The minimum atomic E-state index is -0.414. The van der Waals surface area contributed by atoms with Gasteiger partial charge in [-0.15, -0.1) is 0 Å². The fourth-order valence-corrected chi connectivity index (χ4v) is 2.82. The molecule has 116 valence electrons. The first-order valence-electron chi connectivity index (χ1n) is 7.34. The maximum atomic E-state index is 11.4. The Balaban J connectivity index is 2.28. The number of nitrogens with one attached hydrogen (secondary N) is 1. The van der Waals surface area contributed by atoms with Gasteiger partial charge in [0.15, 0.2) is 5.75 Å². The lowest BCUT2D eigenvalue weighted by atomic mass is 10.0. The maximum absolute atomic E-state index is 11.4. The van der Waals surface area contributed by atoms with Gasteiger partial charge < -0.3 is 15.2 Å². The lowest BCUT2D eigenvalue weighted by Gasteiger charge is -2.21. The molecule has 0 aliphatic heterocycles. The van der Waals surface area contributed by atoms with Gasteiger partial charge >= 0.3 is 5.69 Å². The highest BCUT2D eigenvalue weighted by atomic mass is 16.6. The zero-order valence-corrected chi connectivity index (χ0v) is 12.4. The van der Waals surface area contributed by atoms with E-state index in [4.69, 9.17) is 4.74 Å². The van der Waals surface area contributed by atoms with Crippen LogP contribution >= 0.6 is 0 Å². The number of ether oxygens (including phenoxy) is 1. The number of aliphatic hydroxyl groups is 1. The third-order valence-corrected chi connectivity index (χ3v) is 3.78. The Morgan fingerprint density at radius 3 is 2.86 bits per heavy atom. The molecule has 0 saturated heterocycles. The van der Waals surface area contributed by atoms with Gasteiger partial charge in [-0.25, -0.2) is 0 Å². The molecule has 6 nitrogen and oxygen atoms in total. The summed E-state index contributed by atoms with van der Waals surface area (Å²) in [5, 5.41) is 24.0. The summed E-state index contributed by atoms with van der Waals surface area (Å²) in [6.45, 7) is 3.78. The molecule has 1 aromatic rings. The van der Waals surface area contributed by atoms with E-state index in [-0.39, 0.29) is 36.1 Å². The minimum absolute atomic E-state index is 0.0326. The Kier molecular flexibility index (Phi) is 5.01. The van der Waals surface area contributed by atoms with Gasteiger partial charge in [-0.05, 0) is 38.8 Å². The molecule has 2 unspecified atom stereocenters. The van der Waals surface area contributed by atoms with E-state index in [1.54, 1.807) is 18.2 Å². The van der Waals surface area contributed by atoms with Gasteiger partial charge in [0, 0.05) is 18.6 Å². The molecule has 0 aromatic heterocycles. The Morgan fingerprint density at radius 2 is 2.24 bits per heavy atom. The van der Waals surface area contributed by atoms with Crippen molar-refractivity contribution in [2.45, 2.75) is 45.3 Å². The van der Waals surface area contributed by atoms with E-state index >= 15 is 0 Å². The molecule has 6 heteroatoms. The van der Waals surface area contributed by atoms with Crippen molar-refractivity contribution >= 4 is 11.4 Å². The highest BCUT2D eigenvalue weighted by Crippen LogP contribution is 2.38. The largest absolute Gasteiger partial charge is 0.484 e. The van der Waals surface area contributed by atoms with Gasteiger partial charge in [0.05, 0.1) is 11.0 Å². The highest BCUT2D eigenvalue weighted by molar-refractivity contribution is 5.68. The zero-order chi connectivity index (χ0) is 15.4. The van der Waals surface area contributed by atoms with Gasteiger partial charge in [-0.3, -0.25) is 10.1 Å². The normalized spacial score (nSPS) is 21.5. The molecule has 0 amide bonds. The molecule has 0 radical (unpaired) electrons. The van der Waals surface area contributed by atoms with Crippen molar-refractivity contribution in [1.29, 1.82) is 0 Å². The van der Waals surface area contributed by atoms with E-state index in [2.05, 4.69) is 5.32 Å². The molecule has 1 saturated carbocycles. The van der Waals surface area contributed by atoms with Gasteiger partial charge in [-0.1, -0.05) is 12.5 Å². The molecule has 2 rings (SSSR count). The van der Waals surface area contributed by atoms with E-state index < -0.39 is 4.92 Å². The third kappa shape index (κ3) is 3.64.